The van der Waals surface area contributed by atoms with E-state index in [1.807, 2.05) is 11.8 Å². The molecule has 1 saturated heterocycles. The third-order valence-electron chi connectivity index (χ3n) is 3.07. The normalized spacial score (nSPS) is 20.3. The highest BCUT2D eigenvalue weighted by Crippen LogP contribution is 2.21. The summed E-state index contributed by atoms with van der Waals surface area (Å²) in [6, 6.07) is 0.139. The summed E-state index contributed by atoms with van der Waals surface area (Å²) in [6.45, 7) is 3.35. The minimum absolute atomic E-state index is 0.139. The van der Waals surface area contributed by atoms with Gasteiger partial charge >= 0.3 is 0 Å². The van der Waals surface area contributed by atoms with Crippen LogP contribution in [0, 0.1) is 0 Å². The van der Waals surface area contributed by atoms with E-state index >= 15 is 0 Å². The predicted molar refractivity (Wildman–Crippen MR) is 60.6 cm³/mol. The molecule has 0 N–H and O–H groups in total. The molecule has 1 aromatic heterocycles. The van der Waals surface area contributed by atoms with Crippen LogP contribution in [0.2, 0.25) is 0 Å². The number of hydrogen-bond donors (Lipinski definition) is 0. The van der Waals surface area contributed by atoms with E-state index in [1.165, 1.54) is 0 Å². The van der Waals surface area contributed by atoms with E-state index in [4.69, 9.17) is 0 Å². The third kappa shape index (κ3) is 2.51. The van der Waals surface area contributed by atoms with Gasteiger partial charge in [0.2, 0.25) is 5.91 Å². The third-order valence-corrected chi connectivity index (χ3v) is 3.07. The maximum atomic E-state index is 11.6. The number of likely N-dealkylation sites (tertiary alicyclic amines) is 1. The van der Waals surface area contributed by atoms with Gasteiger partial charge in [0.1, 0.15) is 5.69 Å². The molecular weight excluding hydrogens is 220 g/mol. The second kappa shape index (κ2) is 5.07. The summed E-state index contributed by atoms with van der Waals surface area (Å²) >= 11 is 0. The van der Waals surface area contributed by atoms with Gasteiger partial charge in [0.15, 0.2) is 6.29 Å². The lowest BCUT2D eigenvalue weighted by atomic mass is 10.1. The molecule has 1 atom stereocenters. The first-order chi connectivity index (χ1) is 8.24. The first-order valence-corrected chi connectivity index (χ1v) is 5.89. The molecule has 2 rings (SSSR count). The SMILES string of the molecule is CCC(=O)N1CCCC(n2cc(C=O)nn2)C1. The molecular formula is C11H16N4O2. The lowest BCUT2D eigenvalue weighted by Crippen LogP contribution is -2.40. The van der Waals surface area contributed by atoms with Gasteiger partial charge in [-0.2, -0.15) is 0 Å². The zero-order chi connectivity index (χ0) is 12.3. The number of carbonyl (C=O) groups excluding carboxylic acids is 2. The summed E-state index contributed by atoms with van der Waals surface area (Å²) in [5.41, 5.74) is 0.337. The molecule has 92 valence electrons. The van der Waals surface area contributed by atoms with Gasteiger partial charge in [-0.05, 0) is 12.8 Å². The van der Waals surface area contributed by atoms with E-state index in [0.29, 0.717) is 24.9 Å². The predicted octanol–water partition coefficient (Wildman–Crippen LogP) is 0.664. The van der Waals surface area contributed by atoms with Crippen LogP contribution >= 0.6 is 0 Å². The lowest BCUT2D eigenvalue weighted by Gasteiger charge is -2.32. The summed E-state index contributed by atoms with van der Waals surface area (Å²) in [5.74, 6) is 0.172. The van der Waals surface area contributed by atoms with Crippen LogP contribution in [0.5, 0.6) is 0 Å². The quantitative estimate of drug-likeness (QED) is 0.723. The van der Waals surface area contributed by atoms with Gasteiger partial charge in [-0.3, -0.25) is 9.59 Å². The Labute approximate surface area is 99.6 Å². The van der Waals surface area contributed by atoms with Crippen LogP contribution in [0.3, 0.4) is 0 Å². The number of nitrogens with zero attached hydrogens (tertiary/aromatic N) is 4. The van der Waals surface area contributed by atoms with E-state index in [9.17, 15) is 9.59 Å². The first-order valence-electron chi connectivity index (χ1n) is 5.89. The smallest absolute Gasteiger partial charge is 0.222 e. The molecule has 0 radical (unpaired) electrons. The fraction of sp³-hybridized carbons (Fsp3) is 0.636. The van der Waals surface area contributed by atoms with Crippen molar-refractivity contribution in [2.75, 3.05) is 13.1 Å². The molecule has 0 bridgehead atoms. The average Bonchev–Trinajstić information content (AvgIpc) is 2.86. The van der Waals surface area contributed by atoms with Crippen LogP contribution in [-0.4, -0.2) is 45.2 Å². The summed E-state index contributed by atoms with van der Waals surface area (Å²) in [7, 11) is 0. The minimum atomic E-state index is 0.139. The molecule has 1 unspecified atom stereocenters. The molecule has 6 nitrogen and oxygen atoms in total. The number of amides is 1. The molecule has 1 amide bonds. The Morgan fingerprint density at radius 2 is 2.47 bits per heavy atom. The summed E-state index contributed by atoms with van der Waals surface area (Å²) in [6.07, 6.45) is 4.78. The molecule has 1 aromatic rings. The fourth-order valence-electron chi connectivity index (χ4n) is 2.14. The van der Waals surface area contributed by atoms with Gasteiger partial charge in [-0.25, -0.2) is 4.68 Å². The van der Waals surface area contributed by atoms with Crippen LogP contribution in [-0.2, 0) is 4.79 Å². The summed E-state index contributed by atoms with van der Waals surface area (Å²) < 4.78 is 1.69. The van der Waals surface area contributed by atoms with E-state index in [-0.39, 0.29) is 11.9 Å². The van der Waals surface area contributed by atoms with Gasteiger partial charge in [-0.1, -0.05) is 12.1 Å². The van der Waals surface area contributed by atoms with Gasteiger partial charge in [0.25, 0.3) is 0 Å². The highest BCUT2D eigenvalue weighted by atomic mass is 16.2. The molecule has 1 fully saturated rings. The van der Waals surface area contributed by atoms with Crippen LogP contribution in [0.4, 0.5) is 0 Å². The summed E-state index contributed by atoms with van der Waals surface area (Å²) in [4.78, 5) is 24.0. The maximum absolute atomic E-state index is 11.6. The highest BCUT2D eigenvalue weighted by Gasteiger charge is 2.24. The van der Waals surface area contributed by atoms with Crippen LogP contribution in [0.15, 0.2) is 6.20 Å². The van der Waals surface area contributed by atoms with Crippen molar-refractivity contribution in [3.63, 3.8) is 0 Å². The van der Waals surface area contributed by atoms with E-state index in [1.54, 1.807) is 10.9 Å². The number of piperidine rings is 1. The van der Waals surface area contributed by atoms with Gasteiger partial charge in [-0.15, -0.1) is 5.10 Å². The highest BCUT2D eigenvalue weighted by molar-refractivity contribution is 5.75. The van der Waals surface area contributed by atoms with Crippen molar-refractivity contribution in [2.24, 2.45) is 0 Å². The van der Waals surface area contributed by atoms with Gasteiger partial charge in [0, 0.05) is 19.5 Å². The minimum Gasteiger partial charge on any atom is -0.341 e. The standard InChI is InChI=1S/C11H16N4O2/c1-2-11(17)14-5-3-4-10(7-14)15-6-9(8-16)12-13-15/h6,8,10H,2-5,7H2,1H3. The Bertz CT molecular complexity index is 415. The molecule has 17 heavy (non-hydrogen) atoms. The molecule has 0 aromatic carbocycles. The maximum Gasteiger partial charge on any atom is 0.222 e. The second-order valence-corrected chi connectivity index (χ2v) is 4.23. The number of hydrogen-bond acceptors (Lipinski definition) is 4. The number of rotatable bonds is 3. The molecule has 0 spiro atoms. The zero-order valence-electron chi connectivity index (χ0n) is 9.87. The molecule has 2 heterocycles. The Morgan fingerprint density at radius 1 is 1.65 bits per heavy atom. The fourth-order valence-corrected chi connectivity index (χ4v) is 2.14. The van der Waals surface area contributed by atoms with E-state index < -0.39 is 0 Å². The molecule has 0 saturated carbocycles. The number of aromatic nitrogens is 3. The Hall–Kier alpha value is -1.72. The topological polar surface area (TPSA) is 68.1 Å². The van der Waals surface area contributed by atoms with Gasteiger partial charge < -0.3 is 4.90 Å². The van der Waals surface area contributed by atoms with Crippen molar-refractivity contribution < 1.29 is 9.59 Å². The van der Waals surface area contributed by atoms with Crippen molar-refractivity contribution in [1.82, 2.24) is 19.9 Å². The van der Waals surface area contributed by atoms with E-state index in [0.717, 1.165) is 19.4 Å². The average molecular weight is 236 g/mol. The lowest BCUT2D eigenvalue weighted by molar-refractivity contribution is -0.132. The van der Waals surface area contributed by atoms with Crippen molar-refractivity contribution >= 4 is 12.2 Å². The Kier molecular flexibility index (Phi) is 3.51. The molecule has 6 heteroatoms. The Morgan fingerprint density at radius 3 is 3.12 bits per heavy atom. The monoisotopic (exact) mass is 236 g/mol. The first kappa shape index (κ1) is 11.8. The molecule has 1 aliphatic rings. The van der Waals surface area contributed by atoms with Gasteiger partial charge in [0.05, 0.1) is 12.2 Å². The van der Waals surface area contributed by atoms with Crippen LogP contribution in [0.1, 0.15) is 42.7 Å². The van der Waals surface area contributed by atoms with Crippen LogP contribution < -0.4 is 0 Å². The van der Waals surface area contributed by atoms with Crippen molar-refractivity contribution in [1.29, 1.82) is 0 Å². The second-order valence-electron chi connectivity index (χ2n) is 4.23. The largest absolute Gasteiger partial charge is 0.341 e. The number of aldehydes is 1. The van der Waals surface area contributed by atoms with E-state index in [2.05, 4.69) is 10.3 Å². The van der Waals surface area contributed by atoms with Crippen molar-refractivity contribution in [3.8, 4) is 0 Å². The zero-order valence-corrected chi connectivity index (χ0v) is 9.87. The van der Waals surface area contributed by atoms with Crippen LogP contribution in [0.25, 0.3) is 0 Å². The molecule has 0 aliphatic carbocycles. The number of carbonyl (C=O) groups is 2. The van der Waals surface area contributed by atoms with Crippen molar-refractivity contribution in [3.05, 3.63) is 11.9 Å². The van der Waals surface area contributed by atoms with Crippen molar-refractivity contribution in [2.45, 2.75) is 32.2 Å². The molecule has 1 aliphatic heterocycles. The summed E-state index contributed by atoms with van der Waals surface area (Å²) in [5, 5.41) is 7.67. The Balaban J connectivity index is 2.06.